The number of carbonyl (C=O) groups is 2. The number of aliphatic hydroxyl groups excluding tert-OH is 2. The minimum absolute atomic E-state index is 0.0128. The molecule has 0 spiro atoms. The molecule has 0 fully saturated rings. The van der Waals surface area contributed by atoms with Gasteiger partial charge in [0.2, 0.25) is 5.91 Å². The standard InChI is InChI=1S/C61H117NO5/c1-3-5-7-9-11-13-15-16-30-34-37-41-45-49-53-59(64)58(57-63)62-60(65)54-50-46-42-38-35-31-28-26-24-22-20-18-17-19-21-23-25-27-29-32-36-40-44-48-52-56-67-61(66)55-51-47-43-39-33-14-12-10-8-6-4-2/h18,20,49,53,58-59,63-64H,3-17,19,21-48,50-52,54-57H2,1-2H3,(H,62,65)/b20-18-,53-49+. The van der Waals surface area contributed by atoms with Crippen molar-refractivity contribution in [2.45, 2.75) is 341 Å². The van der Waals surface area contributed by atoms with Gasteiger partial charge >= 0.3 is 5.97 Å². The molecule has 0 rings (SSSR count). The summed E-state index contributed by atoms with van der Waals surface area (Å²) in [6.45, 7) is 4.91. The van der Waals surface area contributed by atoms with Gasteiger partial charge in [-0.1, -0.05) is 282 Å². The molecule has 396 valence electrons. The Labute approximate surface area is 418 Å². The van der Waals surface area contributed by atoms with Crippen LogP contribution in [0.15, 0.2) is 24.3 Å². The maximum atomic E-state index is 12.4. The van der Waals surface area contributed by atoms with Crippen molar-refractivity contribution in [3.63, 3.8) is 0 Å². The molecule has 0 aromatic carbocycles. The van der Waals surface area contributed by atoms with Crippen LogP contribution in [0.25, 0.3) is 0 Å². The molecule has 0 aromatic rings. The summed E-state index contributed by atoms with van der Waals surface area (Å²) in [6, 6.07) is -0.629. The second-order valence-electron chi connectivity index (χ2n) is 20.7. The Morgan fingerprint density at radius 3 is 1.06 bits per heavy atom. The van der Waals surface area contributed by atoms with E-state index >= 15 is 0 Å². The van der Waals surface area contributed by atoms with Gasteiger partial charge in [0.1, 0.15) is 0 Å². The molecule has 0 saturated heterocycles. The monoisotopic (exact) mass is 944 g/mol. The molecule has 1 amide bonds. The molecule has 6 heteroatoms. The largest absolute Gasteiger partial charge is 0.466 e. The molecule has 0 saturated carbocycles. The first-order chi connectivity index (χ1) is 33.0. The summed E-state index contributed by atoms with van der Waals surface area (Å²) in [6.07, 6.45) is 69.3. The number of unbranched alkanes of at least 4 members (excludes halogenated alkanes) is 43. The second kappa shape index (κ2) is 56.9. The number of hydrogen-bond donors (Lipinski definition) is 3. The lowest BCUT2D eigenvalue weighted by Gasteiger charge is -2.20. The van der Waals surface area contributed by atoms with Crippen LogP contribution in [0.1, 0.15) is 328 Å². The van der Waals surface area contributed by atoms with Gasteiger partial charge in [-0.3, -0.25) is 9.59 Å². The third-order valence-corrected chi connectivity index (χ3v) is 14.0. The molecule has 0 aliphatic heterocycles. The Morgan fingerprint density at radius 2 is 0.701 bits per heavy atom. The Morgan fingerprint density at radius 1 is 0.403 bits per heavy atom. The lowest BCUT2D eigenvalue weighted by Crippen LogP contribution is -2.45. The van der Waals surface area contributed by atoms with Crippen LogP contribution in [-0.2, 0) is 14.3 Å². The maximum absolute atomic E-state index is 12.4. The Bertz CT molecular complexity index is 1040. The van der Waals surface area contributed by atoms with Gasteiger partial charge in [0.05, 0.1) is 25.4 Å². The first kappa shape index (κ1) is 65.3. The van der Waals surface area contributed by atoms with Gasteiger partial charge in [-0.25, -0.2) is 0 Å². The lowest BCUT2D eigenvalue weighted by molar-refractivity contribution is -0.143. The van der Waals surface area contributed by atoms with Gasteiger partial charge in [-0.05, 0) is 57.8 Å². The number of esters is 1. The van der Waals surface area contributed by atoms with E-state index in [-0.39, 0.29) is 18.5 Å². The third-order valence-electron chi connectivity index (χ3n) is 14.0. The molecular formula is C61H117NO5. The fraction of sp³-hybridized carbons (Fsp3) is 0.902. The van der Waals surface area contributed by atoms with Crippen molar-refractivity contribution in [3.8, 4) is 0 Å². The highest BCUT2D eigenvalue weighted by Gasteiger charge is 2.18. The number of hydrogen-bond acceptors (Lipinski definition) is 5. The van der Waals surface area contributed by atoms with E-state index < -0.39 is 12.1 Å². The zero-order valence-corrected chi connectivity index (χ0v) is 45.1. The van der Waals surface area contributed by atoms with Gasteiger partial charge in [0.15, 0.2) is 0 Å². The van der Waals surface area contributed by atoms with Gasteiger partial charge in [-0.15, -0.1) is 0 Å². The highest BCUT2D eigenvalue weighted by atomic mass is 16.5. The van der Waals surface area contributed by atoms with E-state index in [1.807, 2.05) is 6.08 Å². The molecule has 2 unspecified atom stereocenters. The molecule has 2 atom stereocenters. The van der Waals surface area contributed by atoms with Gasteiger partial charge < -0.3 is 20.3 Å². The van der Waals surface area contributed by atoms with Gasteiger partial charge in [0.25, 0.3) is 0 Å². The first-order valence-electron chi connectivity index (χ1n) is 30.1. The van der Waals surface area contributed by atoms with Crippen molar-refractivity contribution < 1.29 is 24.5 Å². The third kappa shape index (κ3) is 53.5. The Kier molecular flexibility index (Phi) is 55.5. The lowest BCUT2D eigenvalue weighted by atomic mass is 10.0. The molecule has 0 bridgehead atoms. The summed E-state index contributed by atoms with van der Waals surface area (Å²) in [7, 11) is 0. The van der Waals surface area contributed by atoms with E-state index in [9.17, 15) is 19.8 Å². The van der Waals surface area contributed by atoms with Crippen LogP contribution in [0.4, 0.5) is 0 Å². The van der Waals surface area contributed by atoms with Crippen LogP contribution in [0.3, 0.4) is 0 Å². The average Bonchev–Trinajstić information content (AvgIpc) is 3.33. The number of ether oxygens (including phenoxy) is 1. The van der Waals surface area contributed by atoms with Crippen LogP contribution in [0.5, 0.6) is 0 Å². The maximum Gasteiger partial charge on any atom is 0.305 e. The summed E-state index contributed by atoms with van der Waals surface area (Å²) < 4.78 is 5.46. The van der Waals surface area contributed by atoms with Crippen molar-refractivity contribution in [2.24, 2.45) is 0 Å². The van der Waals surface area contributed by atoms with E-state index in [1.165, 1.54) is 263 Å². The predicted molar refractivity (Wildman–Crippen MR) is 292 cm³/mol. The number of allylic oxidation sites excluding steroid dienone is 3. The van der Waals surface area contributed by atoms with Crippen LogP contribution in [-0.4, -0.2) is 47.4 Å². The quantitative estimate of drug-likeness (QED) is 0.0321. The summed E-state index contributed by atoms with van der Waals surface area (Å²) >= 11 is 0. The average molecular weight is 945 g/mol. The minimum Gasteiger partial charge on any atom is -0.466 e. The highest BCUT2D eigenvalue weighted by Crippen LogP contribution is 2.17. The van der Waals surface area contributed by atoms with Crippen LogP contribution in [0.2, 0.25) is 0 Å². The van der Waals surface area contributed by atoms with Crippen molar-refractivity contribution in [3.05, 3.63) is 24.3 Å². The Balaban J connectivity index is 3.41. The molecule has 3 N–H and O–H groups in total. The summed E-state index contributed by atoms with van der Waals surface area (Å²) in [5.74, 6) is -0.0572. The number of nitrogens with one attached hydrogen (secondary N) is 1. The molecule has 0 aromatic heterocycles. The second-order valence-corrected chi connectivity index (χ2v) is 20.7. The fourth-order valence-corrected chi connectivity index (χ4v) is 9.34. The van der Waals surface area contributed by atoms with Crippen molar-refractivity contribution in [2.75, 3.05) is 13.2 Å². The van der Waals surface area contributed by atoms with Gasteiger partial charge in [-0.2, -0.15) is 0 Å². The normalized spacial score (nSPS) is 12.7. The molecule has 6 nitrogen and oxygen atoms in total. The van der Waals surface area contributed by atoms with Crippen LogP contribution < -0.4 is 5.32 Å². The van der Waals surface area contributed by atoms with E-state index in [2.05, 4.69) is 31.3 Å². The zero-order chi connectivity index (χ0) is 48.6. The van der Waals surface area contributed by atoms with Crippen molar-refractivity contribution in [1.29, 1.82) is 0 Å². The molecule has 67 heavy (non-hydrogen) atoms. The summed E-state index contributed by atoms with van der Waals surface area (Å²) in [4.78, 5) is 24.4. The minimum atomic E-state index is -0.845. The first-order valence-corrected chi connectivity index (χ1v) is 30.1. The van der Waals surface area contributed by atoms with Crippen LogP contribution in [0, 0.1) is 0 Å². The fourth-order valence-electron chi connectivity index (χ4n) is 9.34. The van der Waals surface area contributed by atoms with Crippen molar-refractivity contribution in [1.82, 2.24) is 5.32 Å². The summed E-state index contributed by atoms with van der Waals surface area (Å²) in [5, 5.41) is 23.1. The van der Waals surface area contributed by atoms with E-state index in [1.54, 1.807) is 6.08 Å². The smallest absolute Gasteiger partial charge is 0.305 e. The Hall–Kier alpha value is -1.66. The molecular weight excluding hydrogens is 827 g/mol. The molecule has 0 heterocycles. The topological polar surface area (TPSA) is 95.9 Å². The number of aliphatic hydroxyl groups is 2. The SMILES string of the molecule is CCCCCCCCCCCCCC/C=C/C(O)C(CO)NC(=O)CCCCCCCCCCC/C=C\CCCCCCCCCCCCCCOC(=O)CCCCCCCCCCCCC. The van der Waals surface area contributed by atoms with E-state index in [4.69, 9.17) is 4.74 Å². The number of carbonyl (C=O) groups excluding carboxylic acids is 2. The molecule has 0 radical (unpaired) electrons. The molecule has 0 aliphatic carbocycles. The number of amides is 1. The highest BCUT2D eigenvalue weighted by molar-refractivity contribution is 5.76. The summed E-state index contributed by atoms with van der Waals surface area (Å²) in [5.41, 5.74) is 0. The van der Waals surface area contributed by atoms with Crippen molar-refractivity contribution >= 4 is 11.9 Å². The van der Waals surface area contributed by atoms with Crippen LogP contribution >= 0.6 is 0 Å². The van der Waals surface area contributed by atoms with E-state index in [0.717, 1.165) is 38.5 Å². The molecule has 0 aliphatic rings. The predicted octanol–water partition coefficient (Wildman–Crippen LogP) is 18.6. The van der Waals surface area contributed by atoms with Gasteiger partial charge in [0, 0.05) is 12.8 Å². The zero-order valence-electron chi connectivity index (χ0n) is 45.1. The van der Waals surface area contributed by atoms with E-state index in [0.29, 0.717) is 19.4 Å². The number of rotatable bonds is 56.